The molecule has 5 heteroatoms. The van der Waals surface area contributed by atoms with Crippen LogP contribution < -0.4 is 11.1 Å². The lowest BCUT2D eigenvalue weighted by atomic mass is 10.0. The first-order valence-electron chi connectivity index (χ1n) is 7.24. The summed E-state index contributed by atoms with van der Waals surface area (Å²) in [5.74, 6) is -0.919. The van der Waals surface area contributed by atoms with Crippen molar-refractivity contribution in [2.24, 2.45) is 0 Å². The van der Waals surface area contributed by atoms with Crippen molar-refractivity contribution in [3.8, 4) is 0 Å². The molecule has 20 heavy (non-hydrogen) atoms. The van der Waals surface area contributed by atoms with Crippen molar-refractivity contribution in [2.45, 2.75) is 26.2 Å². The molecule has 0 aromatic heterocycles. The summed E-state index contributed by atoms with van der Waals surface area (Å²) < 4.78 is 0. The largest absolute Gasteiger partial charge is 0.478 e. The topological polar surface area (TPSA) is 78.6 Å². The number of nitrogen functional groups attached to an aromatic ring is 1. The molecular weight excluding hydrogens is 254 g/mol. The van der Waals surface area contributed by atoms with Crippen LogP contribution in [0, 0.1) is 0 Å². The van der Waals surface area contributed by atoms with Crippen LogP contribution in [0.3, 0.4) is 0 Å². The highest BCUT2D eigenvalue weighted by Crippen LogP contribution is 2.27. The first-order chi connectivity index (χ1) is 9.63. The molecule has 1 aromatic rings. The molecule has 0 unspecified atom stereocenters. The predicted octanol–water partition coefficient (Wildman–Crippen LogP) is 2.04. The van der Waals surface area contributed by atoms with Crippen LogP contribution in [0.2, 0.25) is 0 Å². The number of benzene rings is 1. The van der Waals surface area contributed by atoms with Gasteiger partial charge in [-0.05, 0) is 50.0 Å². The average molecular weight is 277 g/mol. The van der Waals surface area contributed by atoms with Gasteiger partial charge >= 0.3 is 5.97 Å². The third kappa shape index (κ3) is 3.22. The Kier molecular flexibility index (Phi) is 4.84. The number of carboxylic acid groups (broad SMARTS) is 1. The molecule has 2 rings (SSSR count). The zero-order chi connectivity index (χ0) is 14.5. The van der Waals surface area contributed by atoms with Crippen LogP contribution in [-0.2, 0) is 6.42 Å². The number of nitrogens with two attached hydrogens (primary N) is 1. The van der Waals surface area contributed by atoms with Gasteiger partial charge in [-0.2, -0.15) is 0 Å². The van der Waals surface area contributed by atoms with Gasteiger partial charge in [-0.1, -0.05) is 6.92 Å². The van der Waals surface area contributed by atoms with Crippen LogP contribution in [0.25, 0.3) is 0 Å². The Labute approximate surface area is 119 Å². The average Bonchev–Trinajstić information content (AvgIpc) is 2.93. The van der Waals surface area contributed by atoms with E-state index < -0.39 is 5.97 Å². The van der Waals surface area contributed by atoms with Crippen LogP contribution in [0.1, 0.15) is 35.7 Å². The maximum atomic E-state index is 11.1. The number of hydrogen-bond acceptors (Lipinski definition) is 4. The van der Waals surface area contributed by atoms with E-state index in [1.54, 1.807) is 12.1 Å². The molecule has 5 nitrogen and oxygen atoms in total. The van der Waals surface area contributed by atoms with Crippen LogP contribution in [0.4, 0.5) is 11.4 Å². The Bertz CT molecular complexity index is 482. The first kappa shape index (κ1) is 14.7. The normalized spacial score (nSPS) is 15.4. The molecule has 0 aliphatic carbocycles. The highest BCUT2D eigenvalue weighted by Gasteiger charge is 2.15. The van der Waals surface area contributed by atoms with Gasteiger partial charge in [0.15, 0.2) is 0 Å². The molecule has 1 fully saturated rings. The Morgan fingerprint density at radius 3 is 2.70 bits per heavy atom. The monoisotopic (exact) mass is 277 g/mol. The third-order valence-corrected chi connectivity index (χ3v) is 3.88. The van der Waals surface area contributed by atoms with Gasteiger partial charge in [-0.3, -0.25) is 0 Å². The second-order valence-corrected chi connectivity index (χ2v) is 5.19. The quantitative estimate of drug-likeness (QED) is 0.693. The summed E-state index contributed by atoms with van der Waals surface area (Å²) in [5.41, 5.74) is 8.50. The van der Waals surface area contributed by atoms with Crippen LogP contribution >= 0.6 is 0 Å². The fourth-order valence-corrected chi connectivity index (χ4v) is 2.76. The van der Waals surface area contributed by atoms with E-state index >= 15 is 0 Å². The van der Waals surface area contributed by atoms with Crippen LogP contribution in [0.5, 0.6) is 0 Å². The van der Waals surface area contributed by atoms with Gasteiger partial charge in [0.2, 0.25) is 0 Å². The molecule has 0 saturated carbocycles. The van der Waals surface area contributed by atoms with Crippen LogP contribution in [-0.4, -0.2) is 42.2 Å². The van der Waals surface area contributed by atoms with E-state index in [4.69, 9.17) is 10.8 Å². The zero-order valence-corrected chi connectivity index (χ0v) is 12.0. The predicted molar refractivity (Wildman–Crippen MR) is 81.4 cm³/mol. The van der Waals surface area contributed by atoms with E-state index in [2.05, 4.69) is 10.2 Å². The van der Waals surface area contributed by atoms with Gasteiger partial charge in [0.05, 0.1) is 16.9 Å². The van der Waals surface area contributed by atoms with Crippen molar-refractivity contribution in [2.75, 3.05) is 37.2 Å². The second-order valence-electron chi connectivity index (χ2n) is 5.19. The minimum atomic E-state index is -0.919. The van der Waals surface area contributed by atoms with Crippen molar-refractivity contribution < 1.29 is 9.90 Å². The molecule has 1 heterocycles. The van der Waals surface area contributed by atoms with Crippen molar-refractivity contribution in [1.29, 1.82) is 0 Å². The SMILES string of the molecule is CCc1c(C(=O)O)ccc(NCCN2CCCC2)c1N. The van der Waals surface area contributed by atoms with E-state index in [9.17, 15) is 4.79 Å². The van der Waals surface area contributed by atoms with Crippen molar-refractivity contribution in [3.05, 3.63) is 23.3 Å². The molecular formula is C15H23N3O2. The Balaban J connectivity index is 2.02. The summed E-state index contributed by atoms with van der Waals surface area (Å²) in [6.45, 7) is 6.11. The standard InChI is InChI=1S/C15H23N3O2/c1-2-11-12(15(19)20)5-6-13(14(11)16)17-7-10-18-8-3-4-9-18/h5-6,17H,2-4,7-10,16H2,1H3,(H,19,20). The van der Waals surface area contributed by atoms with Gasteiger partial charge in [0.1, 0.15) is 0 Å². The number of aromatic carboxylic acids is 1. The Morgan fingerprint density at radius 2 is 2.10 bits per heavy atom. The molecule has 0 bridgehead atoms. The second kappa shape index (κ2) is 6.61. The van der Waals surface area contributed by atoms with E-state index in [1.807, 2.05) is 6.92 Å². The number of nitrogens with one attached hydrogen (secondary N) is 1. The van der Waals surface area contributed by atoms with Gasteiger partial charge in [-0.25, -0.2) is 4.79 Å². The van der Waals surface area contributed by atoms with E-state index in [0.717, 1.165) is 18.8 Å². The number of carbonyl (C=O) groups is 1. The van der Waals surface area contributed by atoms with Gasteiger partial charge < -0.3 is 21.1 Å². The summed E-state index contributed by atoms with van der Waals surface area (Å²) in [6, 6.07) is 3.40. The number of anilines is 2. The van der Waals surface area contributed by atoms with Crippen molar-refractivity contribution >= 4 is 17.3 Å². The van der Waals surface area contributed by atoms with E-state index in [1.165, 1.54) is 25.9 Å². The minimum Gasteiger partial charge on any atom is -0.478 e. The van der Waals surface area contributed by atoms with Crippen molar-refractivity contribution in [3.63, 3.8) is 0 Å². The number of hydrogen-bond donors (Lipinski definition) is 3. The number of nitrogens with zero attached hydrogens (tertiary/aromatic N) is 1. The molecule has 0 radical (unpaired) electrons. The molecule has 1 aliphatic heterocycles. The Hall–Kier alpha value is -1.75. The maximum absolute atomic E-state index is 11.1. The van der Waals surface area contributed by atoms with E-state index in [0.29, 0.717) is 23.2 Å². The molecule has 1 aromatic carbocycles. The minimum absolute atomic E-state index is 0.301. The summed E-state index contributed by atoms with van der Waals surface area (Å²) in [4.78, 5) is 13.6. The molecule has 110 valence electrons. The summed E-state index contributed by atoms with van der Waals surface area (Å²) >= 11 is 0. The van der Waals surface area contributed by atoms with E-state index in [-0.39, 0.29) is 0 Å². The number of likely N-dealkylation sites (tertiary alicyclic amines) is 1. The molecule has 0 spiro atoms. The van der Waals surface area contributed by atoms with Gasteiger partial charge in [0.25, 0.3) is 0 Å². The van der Waals surface area contributed by atoms with Gasteiger partial charge in [-0.15, -0.1) is 0 Å². The van der Waals surface area contributed by atoms with Gasteiger partial charge in [0, 0.05) is 13.1 Å². The highest BCUT2D eigenvalue weighted by atomic mass is 16.4. The smallest absolute Gasteiger partial charge is 0.336 e. The fourth-order valence-electron chi connectivity index (χ4n) is 2.76. The molecule has 1 saturated heterocycles. The highest BCUT2D eigenvalue weighted by molar-refractivity contribution is 5.93. The summed E-state index contributed by atoms with van der Waals surface area (Å²) in [5, 5.41) is 12.5. The fraction of sp³-hybridized carbons (Fsp3) is 0.533. The number of rotatable bonds is 6. The molecule has 0 atom stereocenters. The molecule has 4 N–H and O–H groups in total. The molecule has 0 amide bonds. The summed E-state index contributed by atoms with van der Waals surface area (Å²) in [6.07, 6.45) is 3.19. The lowest BCUT2D eigenvalue weighted by Crippen LogP contribution is -2.26. The third-order valence-electron chi connectivity index (χ3n) is 3.88. The van der Waals surface area contributed by atoms with Crippen molar-refractivity contribution in [1.82, 2.24) is 4.90 Å². The zero-order valence-electron chi connectivity index (χ0n) is 12.0. The first-order valence-corrected chi connectivity index (χ1v) is 7.24. The lowest BCUT2D eigenvalue weighted by Gasteiger charge is -2.18. The van der Waals surface area contributed by atoms with Crippen LogP contribution in [0.15, 0.2) is 12.1 Å². The summed E-state index contributed by atoms with van der Waals surface area (Å²) in [7, 11) is 0. The maximum Gasteiger partial charge on any atom is 0.336 e. The molecule has 1 aliphatic rings. The Morgan fingerprint density at radius 1 is 1.40 bits per heavy atom. The number of carboxylic acids is 1. The lowest BCUT2D eigenvalue weighted by molar-refractivity contribution is 0.0696.